The van der Waals surface area contributed by atoms with Crippen LogP contribution in [0.15, 0.2) is 0 Å². The van der Waals surface area contributed by atoms with E-state index in [9.17, 15) is 0 Å². The molecule has 0 bridgehead atoms. The fourth-order valence-electron chi connectivity index (χ4n) is 1.66. The molecule has 1 aliphatic carbocycles. The van der Waals surface area contributed by atoms with Gasteiger partial charge in [-0.1, -0.05) is 27.7 Å². The van der Waals surface area contributed by atoms with E-state index in [0.717, 1.165) is 12.4 Å². The Morgan fingerprint density at radius 3 is 2.50 bits per heavy atom. The maximum atomic E-state index is 6.10. The first-order valence-electron chi connectivity index (χ1n) is 5.98. The van der Waals surface area contributed by atoms with Crippen molar-refractivity contribution in [2.45, 2.75) is 53.0 Å². The number of nitrogens with zero attached hydrogens (tertiary/aromatic N) is 3. The molecule has 0 spiro atoms. The van der Waals surface area contributed by atoms with Crippen molar-refractivity contribution in [2.24, 2.45) is 11.3 Å². The van der Waals surface area contributed by atoms with Gasteiger partial charge in [-0.3, -0.25) is 0 Å². The zero-order valence-electron chi connectivity index (χ0n) is 10.5. The van der Waals surface area contributed by atoms with Gasteiger partial charge in [0.05, 0.1) is 0 Å². The van der Waals surface area contributed by atoms with Crippen LogP contribution in [0.1, 0.15) is 52.3 Å². The molecule has 1 aliphatic rings. The van der Waals surface area contributed by atoms with Crippen LogP contribution in [0.2, 0.25) is 5.28 Å². The van der Waals surface area contributed by atoms with E-state index < -0.39 is 0 Å². The van der Waals surface area contributed by atoms with E-state index in [4.69, 9.17) is 11.6 Å². The highest BCUT2D eigenvalue weighted by atomic mass is 35.5. The molecule has 1 heterocycles. The van der Waals surface area contributed by atoms with Crippen molar-refractivity contribution in [2.75, 3.05) is 0 Å². The summed E-state index contributed by atoms with van der Waals surface area (Å²) in [5.74, 6) is 2.24. The van der Waals surface area contributed by atoms with E-state index in [0.29, 0.717) is 17.1 Å². The van der Waals surface area contributed by atoms with Gasteiger partial charge in [-0.15, -0.1) is 10.2 Å². The molecule has 3 nitrogen and oxygen atoms in total. The van der Waals surface area contributed by atoms with Crippen LogP contribution in [-0.2, 0) is 6.54 Å². The molecule has 1 fully saturated rings. The molecule has 0 aliphatic heterocycles. The fraction of sp³-hybridized carbons (Fsp3) is 0.833. The molecular formula is C12H20ClN3. The molecule has 0 N–H and O–H groups in total. The van der Waals surface area contributed by atoms with Gasteiger partial charge < -0.3 is 4.57 Å². The van der Waals surface area contributed by atoms with E-state index >= 15 is 0 Å². The van der Waals surface area contributed by atoms with Crippen molar-refractivity contribution in [3.05, 3.63) is 11.1 Å². The topological polar surface area (TPSA) is 30.7 Å². The average molecular weight is 242 g/mol. The van der Waals surface area contributed by atoms with Crippen LogP contribution in [0.5, 0.6) is 0 Å². The smallest absolute Gasteiger partial charge is 0.225 e. The Bertz CT molecular complexity index is 374. The summed E-state index contributed by atoms with van der Waals surface area (Å²) in [6.45, 7) is 9.94. The maximum absolute atomic E-state index is 6.10. The Morgan fingerprint density at radius 1 is 1.38 bits per heavy atom. The molecule has 0 aromatic carbocycles. The van der Waals surface area contributed by atoms with Gasteiger partial charge in [0.2, 0.25) is 5.28 Å². The molecular weight excluding hydrogens is 222 g/mol. The first-order valence-corrected chi connectivity index (χ1v) is 6.36. The van der Waals surface area contributed by atoms with Gasteiger partial charge in [-0.2, -0.15) is 0 Å². The fourth-order valence-corrected chi connectivity index (χ4v) is 1.85. The van der Waals surface area contributed by atoms with Crippen molar-refractivity contribution in [3.8, 4) is 0 Å². The molecule has 1 atom stereocenters. The SMILES string of the molecule is CC(Cn1c(Cl)nnc1C1CC1)C(C)(C)C. The lowest BCUT2D eigenvalue weighted by Gasteiger charge is -2.28. The predicted molar refractivity (Wildman–Crippen MR) is 65.6 cm³/mol. The molecule has 0 saturated heterocycles. The third-order valence-corrected chi connectivity index (χ3v) is 3.89. The number of hydrogen-bond acceptors (Lipinski definition) is 2. The number of halogens is 1. The Hall–Kier alpha value is -0.570. The lowest BCUT2D eigenvalue weighted by molar-refractivity contribution is 0.231. The summed E-state index contributed by atoms with van der Waals surface area (Å²) in [7, 11) is 0. The normalized spacial score (nSPS) is 18.8. The highest BCUT2D eigenvalue weighted by Crippen LogP contribution is 2.40. The second kappa shape index (κ2) is 4.02. The van der Waals surface area contributed by atoms with Crippen molar-refractivity contribution >= 4 is 11.6 Å². The molecule has 1 aromatic heterocycles. The summed E-state index contributed by atoms with van der Waals surface area (Å²) >= 11 is 6.10. The van der Waals surface area contributed by atoms with Gasteiger partial charge in [0.25, 0.3) is 0 Å². The van der Waals surface area contributed by atoms with Crippen molar-refractivity contribution < 1.29 is 0 Å². The largest absolute Gasteiger partial charge is 0.301 e. The van der Waals surface area contributed by atoms with Crippen LogP contribution in [0.3, 0.4) is 0 Å². The molecule has 4 heteroatoms. The van der Waals surface area contributed by atoms with E-state index in [1.165, 1.54) is 12.8 Å². The highest BCUT2D eigenvalue weighted by Gasteiger charge is 2.31. The summed E-state index contributed by atoms with van der Waals surface area (Å²) in [4.78, 5) is 0. The number of aromatic nitrogens is 3. The van der Waals surface area contributed by atoms with E-state index in [1.54, 1.807) is 0 Å². The van der Waals surface area contributed by atoms with Gasteiger partial charge >= 0.3 is 0 Å². The molecule has 90 valence electrons. The van der Waals surface area contributed by atoms with Crippen LogP contribution < -0.4 is 0 Å². The average Bonchev–Trinajstić information content (AvgIpc) is 2.93. The summed E-state index contributed by atoms with van der Waals surface area (Å²) in [6.07, 6.45) is 2.47. The molecule has 16 heavy (non-hydrogen) atoms. The van der Waals surface area contributed by atoms with Gasteiger partial charge in [0, 0.05) is 12.5 Å². The van der Waals surface area contributed by atoms with Crippen molar-refractivity contribution in [3.63, 3.8) is 0 Å². The molecule has 0 radical (unpaired) electrons. The first kappa shape index (κ1) is 11.9. The van der Waals surface area contributed by atoms with E-state index in [1.807, 2.05) is 0 Å². The van der Waals surface area contributed by atoms with Gasteiger partial charge in [0.15, 0.2) is 0 Å². The zero-order chi connectivity index (χ0) is 11.9. The third kappa shape index (κ3) is 2.40. The minimum absolute atomic E-state index is 0.286. The van der Waals surface area contributed by atoms with Crippen LogP contribution in [0.4, 0.5) is 0 Å². The van der Waals surface area contributed by atoms with E-state index in [2.05, 4.69) is 42.5 Å². The second-order valence-electron chi connectivity index (χ2n) is 5.98. The van der Waals surface area contributed by atoms with Crippen molar-refractivity contribution in [1.29, 1.82) is 0 Å². The number of rotatable bonds is 3. The summed E-state index contributed by atoms with van der Waals surface area (Å²) < 4.78 is 2.09. The van der Waals surface area contributed by atoms with Gasteiger partial charge in [0.1, 0.15) is 5.82 Å². The molecule has 2 rings (SSSR count). The molecule has 1 aromatic rings. The quantitative estimate of drug-likeness (QED) is 0.811. The minimum Gasteiger partial charge on any atom is -0.301 e. The third-order valence-electron chi connectivity index (χ3n) is 3.61. The Labute approximate surface area is 102 Å². The van der Waals surface area contributed by atoms with Gasteiger partial charge in [-0.25, -0.2) is 0 Å². The number of hydrogen-bond donors (Lipinski definition) is 0. The Kier molecular flexibility index (Phi) is 2.99. The Balaban J connectivity index is 2.17. The van der Waals surface area contributed by atoms with Crippen LogP contribution in [0, 0.1) is 11.3 Å². The monoisotopic (exact) mass is 241 g/mol. The van der Waals surface area contributed by atoms with Crippen LogP contribution in [0.25, 0.3) is 0 Å². The molecule has 1 saturated carbocycles. The second-order valence-corrected chi connectivity index (χ2v) is 6.32. The van der Waals surface area contributed by atoms with E-state index in [-0.39, 0.29) is 5.41 Å². The lowest BCUT2D eigenvalue weighted by atomic mass is 9.82. The first-order chi connectivity index (χ1) is 7.39. The zero-order valence-corrected chi connectivity index (χ0v) is 11.3. The minimum atomic E-state index is 0.286. The van der Waals surface area contributed by atoms with Crippen molar-refractivity contribution in [1.82, 2.24) is 14.8 Å². The maximum Gasteiger partial charge on any atom is 0.225 e. The summed E-state index contributed by atoms with van der Waals surface area (Å²) in [5, 5.41) is 8.73. The molecule has 1 unspecified atom stereocenters. The Morgan fingerprint density at radius 2 is 2.00 bits per heavy atom. The lowest BCUT2D eigenvalue weighted by Crippen LogP contribution is -2.23. The van der Waals surface area contributed by atoms with Crippen LogP contribution >= 0.6 is 11.6 Å². The molecule has 0 amide bonds. The predicted octanol–water partition coefficient (Wildman–Crippen LogP) is 3.49. The van der Waals surface area contributed by atoms with Gasteiger partial charge in [-0.05, 0) is 35.8 Å². The highest BCUT2D eigenvalue weighted by molar-refractivity contribution is 6.28. The summed E-state index contributed by atoms with van der Waals surface area (Å²) in [5.41, 5.74) is 0.286. The van der Waals surface area contributed by atoms with Crippen LogP contribution in [-0.4, -0.2) is 14.8 Å². The standard InChI is InChI=1S/C12H20ClN3/c1-8(12(2,3)4)7-16-10(9-5-6-9)14-15-11(16)13/h8-9H,5-7H2,1-4H3. The summed E-state index contributed by atoms with van der Waals surface area (Å²) in [6, 6.07) is 0.